The average Bonchev–Trinajstić information content (AvgIpc) is 3.21. The number of rotatable bonds is 4. The molecule has 0 bridgehead atoms. The van der Waals surface area contributed by atoms with Gasteiger partial charge in [0.15, 0.2) is 0 Å². The molecule has 0 amide bonds. The molecule has 0 saturated carbocycles. The van der Waals surface area contributed by atoms with E-state index in [-0.39, 0.29) is 0 Å². The van der Waals surface area contributed by atoms with Crippen molar-refractivity contribution in [1.82, 2.24) is 10.2 Å². The van der Waals surface area contributed by atoms with Crippen molar-refractivity contribution in [1.29, 1.82) is 0 Å². The van der Waals surface area contributed by atoms with Gasteiger partial charge >= 0.3 is 0 Å². The van der Waals surface area contributed by atoms with E-state index in [1.807, 2.05) is 36.5 Å². The molecule has 116 valence electrons. The topological polar surface area (TPSA) is 58.1 Å². The van der Waals surface area contributed by atoms with E-state index in [2.05, 4.69) is 23.2 Å². The van der Waals surface area contributed by atoms with Crippen molar-refractivity contribution in [3.05, 3.63) is 59.9 Å². The summed E-state index contributed by atoms with van der Waals surface area (Å²) >= 11 is 0. The standard InChI is InChI=1S/C19H18N2O2/c1-2-7-23-13-8-16(12-10-20-21-11-12)18-14-5-3-4-6-15(14)19(22)17(18)9-13/h3-6,8-11,19,22H,2,7H2,1H3,(H,20,21). The first-order chi connectivity index (χ1) is 11.3. The van der Waals surface area contributed by atoms with Crippen LogP contribution < -0.4 is 4.74 Å². The molecule has 1 unspecified atom stereocenters. The highest BCUT2D eigenvalue weighted by Crippen LogP contribution is 2.49. The van der Waals surface area contributed by atoms with Crippen LogP contribution in [0.25, 0.3) is 22.3 Å². The minimum absolute atomic E-state index is 0.614. The van der Waals surface area contributed by atoms with Crippen molar-refractivity contribution in [2.75, 3.05) is 6.61 Å². The second-order valence-electron chi connectivity index (χ2n) is 5.76. The zero-order chi connectivity index (χ0) is 15.8. The average molecular weight is 306 g/mol. The van der Waals surface area contributed by atoms with Crippen LogP contribution in [0.4, 0.5) is 0 Å². The third-order valence-electron chi connectivity index (χ3n) is 4.24. The van der Waals surface area contributed by atoms with Crippen molar-refractivity contribution in [3.8, 4) is 28.0 Å². The van der Waals surface area contributed by atoms with Gasteiger partial charge in [-0.25, -0.2) is 0 Å². The zero-order valence-corrected chi connectivity index (χ0v) is 12.9. The first kappa shape index (κ1) is 14.0. The number of nitrogens with zero attached hydrogens (tertiary/aromatic N) is 1. The third kappa shape index (κ3) is 2.23. The van der Waals surface area contributed by atoms with Crippen LogP contribution in [0, 0.1) is 0 Å². The molecule has 4 heteroatoms. The molecule has 23 heavy (non-hydrogen) atoms. The Hall–Kier alpha value is -2.59. The van der Waals surface area contributed by atoms with Crippen molar-refractivity contribution in [2.24, 2.45) is 0 Å². The lowest BCUT2D eigenvalue weighted by molar-refractivity contribution is 0.224. The molecule has 2 aromatic carbocycles. The summed E-state index contributed by atoms with van der Waals surface area (Å²) in [4.78, 5) is 0. The van der Waals surface area contributed by atoms with Crippen molar-refractivity contribution >= 4 is 0 Å². The van der Waals surface area contributed by atoms with Gasteiger partial charge in [0.05, 0.1) is 12.8 Å². The molecule has 1 atom stereocenters. The molecule has 0 spiro atoms. The van der Waals surface area contributed by atoms with Crippen LogP contribution in [0.5, 0.6) is 5.75 Å². The van der Waals surface area contributed by atoms with Gasteiger partial charge in [-0.1, -0.05) is 31.2 Å². The van der Waals surface area contributed by atoms with Crippen molar-refractivity contribution in [3.63, 3.8) is 0 Å². The Morgan fingerprint density at radius 1 is 1.17 bits per heavy atom. The number of aliphatic hydroxyl groups is 1. The SMILES string of the molecule is CCCOc1cc(-c2cn[nH]c2)c2c(c1)C(O)c1ccccc1-2. The number of fused-ring (bicyclic) bond motifs is 3. The quantitative estimate of drug-likeness (QED) is 0.768. The summed E-state index contributed by atoms with van der Waals surface area (Å²) in [7, 11) is 0. The minimum Gasteiger partial charge on any atom is -0.494 e. The maximum Gasteiger partial charge on any atom is 0.120 e. The summed E-state index contributed by atoms with van der Waals surface area (Å²) in [5.74, 6) is 0.786. The number of hydrogen-bond acceptors (Lipinski definition) is 3. The highest BCUT2D eigenvalue weighted by molar-refractivity contribution is 5.91. The summed E-state index contributed by atoms with van der Waals surface area (Å²) < 4.78 is 5.82. The van der Waals surface area contributed by atoms with Crippen LogP contribution in [-0.4, -0.2) is 21.9 Å². The summed E-state index contributed by atoms with van der Waals surface area (Å²) in [6.07, 6.45) is 4.00. The van der Waals surface area contributed by atoms with Crippen molar-refractivity contribution < 1.29 is 9.84 Å². The molecule has 0 fully saturated rings. The van der Waals surface area contributed by atoms with E-state index in [0.717, 1.165) is 45.6 Å². The highest BCUT2D eigenvalue weighted by Gasteiger charge is 2.30. The van der Waals surface area contributed by atoms with Crippen LogP contribution in [0.15, 0.2) is 48.8 Å². The van der Waals surface area contributed by atoms with Crippen LogP contribution in [0.2, 0.25) is 0 Å². The molecule has 2 N–H and O–H groups in total. The van der Waals surface area contributed by atoms with Gasteiger partial charge in [-0.15, -0.1) is 0 Å². The van der Waals surface area contributed by atoms with E-state index in [0.29, 0.717) is 6.61 Å². The Balaban J connectivity index is 1.95. The van der Waals surface area contributed by atoms with E-state index in [4.69, 9.17) is 4.74 Å². The molecule has 4 nitrogen and oxygen atoms in total. The van der Waals surface area contributed by atoms with Gasteiger partial charge in [-0.2, -0.15) is 5.10 Å². The first-order valence-electron chi connectivity index (χ1n) is 7.87. The fourth-order valence-electron chi connectivity index (χ4n) is 3.21. The van der Waals surface area contributed by atoms with Crippen LogP contribution >= 0.6 is 0 Å². The molecular weight excluding hydrogens is 288 g/mol. The molecule has 1 aliphatic carbocycles. The number of nitrogens with one attached hydrogen (secondary N) is 1. The van der Waals surface area contributed by atoms with Gasteiger partial charge in [-0.05, 0) is 46.4 Å². The molecule has 0 radical (unpaired) electrons. The maximum absolute atomic E-state index is 10.7. The molecule has 1 aliphatic rings. The molecule has 3 aromatic rings. The van der Waals surface area contributed by atoms with Crippen molar-refractivity contribution in [2.45, 2.75) is 19.4 Å². The second-order valence-corrected chi connectivity index (χ2v) is 5.76. The van der Waals surface area contributed by atoms with E-state index >= 15 is 0 Å². The van der Waals surface area contributed by atoms with Gasteiger partial charge in [0.25, 0.3) is 0 Å². The number of benzene rings is 2. The van der Waals surface area contributed by atoms with E-state index in [1.54, 1.807) is 6.20 Å². The summed E-state index contributed by atoms with van der Waals surface area (Å²) in [6, 6.07) is 12.0. The number of ether oxygens (including phenoxy) is 1. The lowest BCUT2D eigenvalue weighted by atomic mass is 9.95. The number of hydrogen-bond donors (Lipinski definition) is 2. The Labute approximate surface area is 134 Å². The van der Waals surface area contributed by atoms with Crippen LogP contribution in [0.3, 0.4) is 0 Å². The van der Waals surface area contributed by atoms with E-state index < -0.39 is 6.10 Å². The molecular formula is C19H18N2O2. The summed E-state index contributed by atoms with van der Waals surface area (Å²) in [6.45, 7) is 2.74. The Kier molecular flexibility index (Phi) is 3.39. The first-order valence-corrected chi connectivity index (χ1v) is 7.87. The zero-order valence-electron chi connectivity index (χ0n) is 12.9. The van der Waals surface area contributed by atoms with Crippen LogP contribution in [0.1, 0.15) is 30.6 Å². The second kappa shape index (κ2) is 5.56. The Bertz CT molecular complexity index is 841. The van der Waals surface area contributed by atoms with Gasteiger partial charge in [0.2, 0.25) is 0 Å². The summed E-state index contributed by atoms with van der Waals surface area (Å²) in [5, 5.41) is 17.7. The number of aliphatic hydroxyl groups excluding tert-OH is 1. The smallest absolute Gasteiger partial charge is 0.120 e. The predicted molar refractivity (Wildman–Crippen MR) is 89.3 cm³/mol. The van der Waals surface area contributed by atoms with Gasteiger partial charge < -0.3 is 9.84 Å². The maximum atomic E-state index is 10.7. The monoisotopic (exact) mass is 306 g/mol. The number of H-pyrrole nitrogens is 1. The molecule has 0 aliphatic heterocycles. The molecule has 1 aromatic heterocycles. The molecule has 4 rings (SSSR count). The fraction of sp³-hybridized carbons (Fsp3) is 0.211. The number of aromatic nitrogens is 2. The highest BCUT2D eigenvalue weighted by atomic mass is 16.5. The predicted octanol–water partition coefficient (Wildman–Crippen LogP) is 3.93. The Morgan fingerprint density at radius 3 is 2.83 bits per heavy atom. The lowest BCUT2D eigenvalue weighted by Crippen LogP contribution is -1.99. The summed E-state index contributed by atoms with van der Waals surface area (Å²) in [5.41, 5.74) is 6.01. The van der Waals surface area contributed by atoms with Crippen LogP contribution in [-0.2, 0) is 0 Å². The van der Waals surface area contributed by atoms with Gasteiger partial charge in [0.1, 0.15) is 11.9 Å². The minimum atomic E-state index is -0.614. The fourth-order valence-corrected chi connectivity index (χ4v) is 3.21. The largest absolute Gasteiger partial charge is 0.494 e. The molecule has 0 saturated heterocycles. The van der Waals surface area contributed by atoms with E-state index in [9.17, 15) is 5.11 Å². The number of aromatic amines is 1. The van der Waals surface area contributed by atoms with E-state index in [1.165, 1.54) is 0 Å². The van der Waals surface area contributed by atoms with Gasteiger partial charge in [0, 0.05) is 11.8 Å². The Morgan fingerprint density at radius 2 is 2.04 bits per heavy atom. The molecule has 1 heterocycles. The lowest BCUT2D eigenvalue weighted by Gasteiger charge is -2.13. The normalized spacial score (nSPS) is 15.3. The van der Waals surface area contributed by atoms with Gasteiger partial charge in [-0.3, -0.25) is 5.10 Å². The third-order valence-corrected chi connectivity index (χ3v) is 4.24.